The van der Waals surface area contributed by atoms with Crippen molar-refractivity contribution < 1.29 is 13.2 Å². The second-order valence-corrected chi connectivity index (χ2v) is 7.30. The van der Waals surface area contributed by atoms with Gasteiger partial charge < -0.3 is 15.6 Å². The summed E-state index contributed by atoms with van der Waals surface area (Å²) in [4.78, 5) is 8.42. The van der Waals surface area contributed by atoms with Crippen molar-refractivity contribution in [3.63, 3.8) is 0 Å². The van der Waals surface area contributed by atoms with E-state index in [0.717, 1.165) is 37.8 Å². The highest BCUT2D eigenvalue weighted by Crippen LogP contribution is 2.55. The molecule has 3 N–H and O–H groups in total. The number of nitrogens with zero attached hydrogens (tertiary/aromatic N) is 3. The van der Waals surface area contributed by atoms with Crippen molar-refractivity contribution in [2.75, 3.05) is 18.8 Å². The average Bonchev–Trinajstić information content (AvgIpc) is 3.43. The Kier molecular flexibility index (Phi) is 3.02. The summed E-state index contributed by atoms with van der Waals surface area (Å²) in [6.45, 7) is 2.02. The summed E-state index contributed by atoms with van der Waals surface area (Å²) in [5, 5.41) is 3.37. The molecule has 2 aromatic heterocycles. The number of hydrogen-bond donors (Lipinski definition) is 2. The summed E-state index contributed by atoms with van der Waals surface area (Å²) in [5.41, 5.74) is 5.42. The number of anilines is 1. The summed E-state index contributed by atoms with van der Waals surface area (Å²) >= 11 is 0. The van der Waals surface area contributed by atoms with Gasteiger partial charge in [0.05, 0.1) is 11.3 Å². The first-order valence-electron chi connectivity index (χ1n) is 8.56. The Labute approximate surface area is 142 Å². The van der Waals surface area contributed by atoms with Gasteiger partial charge in [0.2, 0.25) is 0 Å². The summed E-state index contributed by atoms with van der Waals surface area (Å²) in [6, 6.07) is 1.49. The minimum atomic E-state index is -4.52. The van der Waals surface area contributed by atoms with Crippen LogP contribution in [0.15, 0.2) is 18.5 Å². The van der Waals surface area contributed by atoms with E-state index >= 15 is 0 Å². The van der Waals surface area contributed by atoms with Gasteiger partial charge in [0.25, 0.3) is 0 Å². The molecule has 2 aromatic rings. The van der Waals surface area contributed by atoms with Crippen LogP contribution in [-0.4, -0.2) is 27.6 Å². The van der Waals surface area contributed by atoms with E-state index < -0.39 is 17.6 Å². The fourth-order valence-electron chi connectivity index (χ4n) is 4.07. The number of hydrogen-bond acceptors (Lipinski definition) is 4. The quantitative estimate of drug-likeness (QED) is 0.894. The number of halogens is 3. The molecule has 5 rings (SSSR count). The van der Waals surface area contributed by atoms with E-state index in [9.17, 15) is 13.2 Å². The van der Waals surface area contributed by atoms with E-state index in [0.29, 0.717) is 35.1 Å². The van der Waals surface area contributed by atoms with E-state index in [1.165, 1.54) is 6.20 Å². The lowest BCUT2D eigenvalue weighted by atomic mass is 10.1. The first-order valence-corrected chi connectivity index (χ1v) is 8.56. The van der Waals surface area contributed by atoms with E-state index in [-0.39, 0.29) is 0 Å². The van der Waals surface area contributed by atoms with Gasteiger partial charge in [-0.1, -0.05) is 0 Å². The van der Waals surface area contributed by atoms with Crippen LogP contribution in [0, 0.1) is 11.8 Å². The Morgan fingerprint density at radius 1 is 1.20 bits per heavy atom. The highest BCUT2D eigenvalue weighted by Gasteiger charge is 2.55. The van der Waals surface area contributed by atoms with E-state index in [2.05, 4.69) is 19.9 Å². The minimum absolute atomic E-state index is 0.367. The van der Waals surface area contributed by atoms with Gasteiger partial charge in [-0.3, -0.25) is 0 Å². The van der Waals surface area contributed by atoms with Crippen LogP contribution in [0.1, 0.15) is 36.2 Å². The molecule has 1 saturated heterocycles. The molecule has 3 heterocycles. The maximum atomic E-state index is 13.1. The van der Waals surface area contributed by atoms with E-state index in [1.54, 1.807) is 0 Å². The summed E-state index contributed by atoms with van der Waals surface area (Å²) < 4.78 is 41.5. The van der Waals surface area contributed by atoms with Crippen LogP contribution in [0.5, 0.6) is 0 Å². The minimum Gasteiger partial charge on any atom is -0.383 e. The van der Waals surface area contributed by atoms with Gasteiger partial charge in [0.15, 0.2) is 0 Å². The molecule has 0 aromatic carbocycles. The molecule has 3 fully saturated rings. The fourth-order valence-corrected chi connectivity index (χ4v) is 4.07. The number of pyridine rings is 1. The molecule has 3 atom stereocenters. The van der Waals surface area contributed by atoms with Gasteiger partial charge in [-0.15, -0.1) is 0 Å². The highest BCUT2D eigenvalue weighted by atomic mass is 19.4. The normalized spacial score (nSPS) is 28.2. The lowest BCUT2D eigenvalue weighted by Crippen LogP contribution is -2.17. The third-order valence-corrected chi connectivity index (χ3v) is 5.59. The number of alkyl halides is 3. The molecule has 25 heavy (non-hydrogen) atoms. The summed E-state index contributed by atoms with van der Waals surface area (Å²) in [5.74, 6) is 2.19. The molecule has 8 heteroatoms. The first kappa shape index (κ1) is 15.2. The van der Waals surface area contributed by atoms with Crippen molar-refractivity contribution in [3.05, 3.63) is 29.8 Å². The lowest BCUT2D eigenvalue weighted by Gasteiger charge is -2.10. The first-order chi connectivity index (χ1) is 11.9. The fraction of sp³-hybridized carbons (Fsp3) is 0.529. The van der Waals surface area contributed by atoms with Gasteiger partial charge in [-0.05, 0) is 30.7 Å². The molecular formula is C17H18F3N5. The Morgan fingerprint density at radius 3 is 2.56 bits per heavy atom. The Hall–Kier alpha value is -2.09. The van der Waals surface area contributed by atoms with Gasteiger partial charge >= 0.3 is 6.18 Å². The number of fused-ring (bicyclic) bond motifs is 1. The molecule has 0 spiro atoms. The molecule has 2 saturated carbocycles. The monoisotopic (exact) mass is 349 g/mol. The molecule has 3 aliphatic rings. The molecule has 0 amide bonds. The Balaban J connectivity index is 1.55. The molecule has 0 bridgehead atoms. The number of piperidine rings is 1. The summed E-state index contributed by atoms with van der Waals surface area (Å²) in [6.07, 6.45) is 0.969. The van der Waals surface area contributed by atoms with Crippen LogP contribution >= 0.6 is 0 Å². The second kappa shape index (κ2) is 4.97. The standard InChI is InChI=1S/C17H18F3N5/c18-17(19,20)12-3-9(4-23-15(12)21)13-7-25(16(24-13)8-1-2-8)14-10-5-22-6-11(10)14/h3-4,7-8,10-11,14,22H,1-2,5-6H2,(H2,21,23)/t10-,11+,14-. The van der Waals surface area contributed by atoms with Crippen LogP contribution in [-0.2, 0) is 6.18 Å². The second-order valence-electron chi connectivity index (χ2n) is 7.30. The Morgan fingerprint density at radius 2 is 1.92 bits per heavy atom. The number of nitrogens with one attached hydrogen (secondary N) is 1. The van der Waals surface area contributed by atoms with Gasteiger partial charge in [0.1, 0.15) is 11.6 Å². The molecule has 0 unspecified atom stereocenters. The number of nitrogens with two attached hydrogens (primary N) is 1. The van der Waals surface area contributed by atoms with Crippen LogP contribution in [0.4, 0.5) is 19.0 Å². The van der Waals surface area contributed by atoms with E-state index in [1.807, 2.05) is 6.20 Å². The van der Waals surface area contributed by atoms with Gasteiger partial charge in [0, 0.05) is 43.0 Å². The van der Waals surface area contributed by atoms with E-state index in [4.69, 9.17) is 5.73 Å². The molecule has 0 radical (unpaired) electrons. The molecule has 1 aliphatic heterocycles. The number of aromatic nitrogens is 3. The number of imidazole rings is 1. The zero-order valence-corrected chi connectivity index (χ0v) is 13.4. The zero-order valence-electron chi connectivity index (χ0n) is 13.4. The zero-order chi connectivity index (χ0) is 17.3. The van der Waals surface area contributed by atoms with Gasteiger partial charge in [-0.25, -0.2) is 9.97 Å². The SMILES string of the molecule is Nc1ncc(-c2cn([C@@H]3[C@@H]4CNC[C@@H]43)c(C3CC3)n2)cc1C(F)(F)F. The smallest absolute Gasteiger partial charge is 0.383 e. The maximum absolute atomic E-state index is 13.1. The molecule has 5 nitrogen and oxygen atoms in total. The maximum Gasteiger partial charge on any atom is 0.419 e. The third kappa shape index (κ3) is 2.42. The lowest BCUT2D eigenvalue weighted by molar-refractivity contribution is -0.137. The average molecular weight is 349 g/mol. The van der Waals surface area contributed by atoms with Crippen LogP contribution in [0.25, 0.3) is 11.3 Å². The van der Waals surface area contributed by atoms with Crippen molar-refractivity contribution in [1.82, 2.24) is 19.9 Å². The van der Waals surface area contributed by atoms with Crippen molar-refractivity contribution in [2.24, 2.45) is 11.8 Å². The largest absolute Gasteiger partial charge is 0.419 e. The third-order valence-electron chi connectivity index (χ3n) is 5.59. The predicted octanol–water partition coefficient (Wildman–Crippen LogP) is 2.81. The number of nitrogen functional groups attached to an aromatic ring is 1. The molecule has 2 aliphatic carbocycles. The van der Waals surface area contributed by atoms with Crippen molar-refractivity contribution in [2.45, 2.75) is 31.0 Å². The van der Waals surface area contributed by atoms with Crippen LogP contribution in [0.3, 0.4) is 0 Å². The topological polar surface area (TPSA) is 68.8 Å². The van der Waals surface area contributed by atoms with Crippen LogP contribution in [0.2, 0.25) is 0 Å². The highest BCUT2D eigenvalue weighted by molar-refractivity contribution is 5.62. The summed E-state index contributed by atoms with van der Waals surface area (Å²) in [7, 11) is 0. The predicted molar refractivity (Wildman–Crippen MR) is 85.7 cm³/mol. The van der Waals surface area contributed by atoms with Crippen molar-refractivity contribution in [3.8, 4) is 11.3 Å². The van der Waals surface area contributed by atoms with Gasteiger partial charge in [-0.2, -0.15) is 13.2 Å². The molecule has 132 valence electrons. The van der Waals surface area contributed by atoms with Crippen LogP contribution < -0.4 is 11.1 Å². The molecular weight excluding hydrogens is 331 g/mol. The van der Waals surface area contributed by atoms with Crippen molar-refractivity contribution in [1.29, 1.82) is 0 Å². The number of rotatable bonds is 3. The van der Waals surface area contributed by atoms with Crippen molar-refractivity contribution >= 4 is 5.82 Å². The Bertz CT molecular complexity index is 829.